The van der Waals surface area contributed by atoms with Crippen molar-refractivity contribution in [3.63, 3.8) is 0 Å². The number of amides is 1. The van der Waals surface area contributed by atoms with E-state index in [0.717, 1.165) is 5.39 Å². The summed E-state index contributed by atoms with van der Waals surface area (Å²) in [5.41, 5.74) is 3.88. The van der Waals surface area contributed by atoms with E-state index in [0.29, 0.717) is 24.9 Å². The molecule has 1 amide bonds. The van der Waals surface area contributed by atoms with E-state index in [-0.39, 0.29) is 41.8 Å². The van der Waals surface area contributed by atoms with Crippen LogP contribution in [-0.2, 0) is 16.9 Å². The molecule has 2 aliphatic rings. The maximum Gasteiger partial charge on any atom is 0.404 e. The fraction of sp³-hybridized carbons (Fsp3) is 0.545. The first-order chi connectivity index (χ1) is 14.0. The van der Waals surface area contributed by atoms with Crippen molar-refractivity contribution < 1.29 is 19.0 Å². The molecular formula is C22H28FN3O4. The second-order valence-corrected chi connectivity index (χ2v) is 9.59. The van der Waals surface area contributed by atoms with E-state index in [1.165, 1.54) is 16.7 Å². The smallest absolute Gasteiger partial charge is 0.404 e. The number of aromatic nitrogens is 1. The average Bonchev–Trinajstić information content (AvgIpc) is 2.95. The van der Waals surface area contributed by atoms with Crippen LogP contribution in [0.4, 0.5) is 9.18 Å². The third kappa shape index (κ3) is 3.48. The molecule has 1 aromatic heterocycles. The number of hydrogen-bond donors (Lipinski definition) is 2. The van der Waals surface area contributed by atoms with Crippen molar-refractivity contribution >= 4 is 17.0 Å². The number of hydrogen-bond acceptors (Lipinski definition) is 5. The van der Waals surface area contributed by atoms with Crippen LogP contribution >= 0.6 is 0 Å². The zero-order valence-corrected chi connectivity index (χ0v) is 17.5. The Hall–Kier alpha value is -2.45. The van der Waals surface area contributed by atoms with Gasteiger partial charge in [0.1, 0.15) is 17.5 Å². The van der Waals surface area contributed by atoms with Crippen molar-refractivity contribution in [1.82, 2.24) is 9.47 Å². The van der Waals surface area contributed by atoms with Crippen LogP contribution in [0.25, 0.3) is 10.9 Å². The Kier molecular flexibility index (Phi) is 4.90. The standard InChI is InChI=1S/C22H28FN3O4/c1-21(2,3)16-10-14(30-20(24)28)8-9-25(16)11-22(29)12-26-17(27)7-5-13-4-6-15(23)18(22)19(13)26/h4-7,14,16,29H,8-12H2,1-3H3,(H2,24,28). The summed E-state index contributed by atoms with van der Waals surface area (Å²) in [4.78, 5) is 25.7. The van der Waals surface area contributed by atoms with Crippen molar-refractivity contribution in [2.75, 3.05) is 13.1 Å². The van der Waals surface area contributed by atoms with Gasteiger partial charge in [-0.05, 0) is 35.4 Å². The fourth-order valence-electron chi connectivity index (χ4n) is 5.12. The molecular weight excluding hydrogens is 389 g/mol. The average molecular weight is 417 g/mol. The van der Waals surface area contributed by atoms with E-state index in [2.05, 4.69) is 25.7 Å². The number of nitrogens with two attached hydrogens (primary N) is 1. The lowest BCUT2D eigenvalue weighted by atomic mass is 9.78. The van der Waals surface area contributed by atoms with Crippen molar-refractivity contribution in [2.45, 2.75) is 57.9 Å². The summed E-state index contributed by atoms with van der Waals surface area (Å²) in [5.74, 6) is -0.513. The predicted molar refractivity (Wildman–Crippen MR) is 111 cm³/mol. The highest BCUT2D eigenvalue weighted by atomic mass is 19.1. The highest BCUT2D eigenvalue weighted by Gasteiger charge is 2.46. The first kappa shape index (κ1) is 20.8. The van der Waals surface area contributed by atoms with Crippen LogP contribution in [0.2, 0.25) is 0 Å². The molecule has 3 heterocycles. The van der Waals surface area contributed by atoms with Crippen molar-refractivity contribution in [3.05, 3.63) is 46.0 Å². The Morgan fingerprint density at radius 1 is 1.33 bits per heavy atom. The highest BCUT2D eigenvalue weighted by Crippen LogP contribution is 2.41. The van der Waals surface area contributed by atoms with Gasteiger partial charge in [0.15, 0.2) is 0 Å². The van der Waals surface area contributed by atoms with Gasteiger partial charge in [-0.15, -0.1) is 0 Å². The number of rotatable bonds is 3. The van der Waals surface area contributed by atoms with E-state index >= 15 is 0 Å². The molecule has 0 bridgehead atoms. The maximum atomic E-state index is 14.9. The van der Waals surface area contributed by atoms with Gasteiger partial charge in [-0.25, -0.2) is 9.18 Å². The summed E-state index contributed by atoms with van der Waals surface area (Å²) in [7, 11) is 0. The summed E-state index contributed by atoms with van der Waals surface area (Å²) in [5, 5.41) is 12.4. The van der Waals surface area contributed by atoms with Gasteiger partial charge < -0.3 is 20.1 Å². The third-order valence-corrected chi connectivity index (χ3v) is 6.40. The number of ether oxygens (including phenoxy) is 1. The summed E-state index contributed by atoms with van der Waals surface area (Å²) < 4.78 is 21.6. The minimum atomic E-state index is -1.53. The second-order valence-electron chi connectivity index (χ2n) is 9.59. The van der Waals surface area contributed by atoms with Crippen LogP contribution < -0.4 is 11.3 Å². The molecule has 7 nitrogen and oxygen atoms in total. The van der Waals surface area contributed by atoms with Gasteiger partial charge in [-0.2, -0.15) is 0 Å². The molecule has 1 saturated heterocycles. The monoisotopic (exact) mass is 417 g/mol. The van der Waals surface area contributed by atoms with Gasteiger partial charge in [0.2, 0.25) is 0 Å². The fourth-order valence-corrected chi connectivity index (χ4v) is 5.12. The number of aliphatic hydroxyl groups is 1. The molecule has 8 heteroatoms. The van der Waals surface area contributed by atoms with Gasteiger partial charge in [0, 0.05) is 37.2 Å². The molecule has 0 saturated carbocycles. The Morgan fingerprint density at radius 2 is 2.03 bits per heavy atom. The van der Waals surface area contributed by atoms with E-state index in [9.17, 15) is 19.1 Å². The number of carbonyl (C=O) groups is 1. The van der Waals surface area contributed by atoms with Crippen LogP contribution in [0.1, 0.15) is 39.2 Å². The van der Waals surface area contributed by atoms with Gasteiger partial charge in [0.25, 0.3) is 5.56 Å². The quantitative estimate of drug-likeness (QED) is 0.799. The first-order valence-corrected chi connectivity index (χ1v) is 10.2. The molecule has 0 aliphatic carbocycles. The van der Waals surface area contributed by atoms with Crippen molar-refractivity contribution in [3.8, 4) is 0 Å². The Bertz CT molecular complexity index is 1060. The molecule has 0 radical (unpaired) electrons. The summed E-state index contributed by atoms with van der Waals surface area (Å²) in [6.07, 6.45) is 0.0630. The number of likely N-dealkylation sites (tertiary alicyclic amines) is 1. The lowest BCUT2D eigenvalue weighted by molar-refractivity contribution is -0.0682. The highest BCUT2D eigenvalue weighted by molar-refractivity contribution is 5.85. The van der Waals surface area contributed by atoms with E-state index < -0.39 is 17.5 Å². The number of pyridine rings is 1. The maximum absolute atomic E-state index is 14.9. The Morgan fingerprint density at radius 3 is 2.70 bits per heavy atom. The molecule has 30 heavy (non-hydrogen) atoms. The summed E-state index contributed by atoms with van der Waals surface area (Å²) >= 11 is 0. The van der Waals surface area contributed by atoms with Crippen LogP contribution in [-0.4, -0.2) is 45.9 Å². The lowest BCUT2D eigenvalue weighted by Gasteiger charge is -2.47. The zero-order chi connectivity index (χ0) is 21.8. The molecule has 2 aromatic rings. The largest absolute Gasteiger partial charge is 0.446 e. The van der Waals surface area contributed by atoms with Crippen LogP contribution in [0.15, 0.2) is 29.1 Å². The molecule has 0 spiro atoms. The minimum absolute atomic E-state index is 0.00795. The predicted octanol–water partition coefficient (Wildman–Crippen LogP) is 2.32. The van der Waals surface area contributed by atoms with Gasteiger partial charge in [-0.3, -0.25) is 9.69 Å². The molecule has 2 aliphatic heterocycles. The van der Waals surface area contributed by atoms with Crippen molar-refractivity contribution in [1.29, 1.82) is 0 Å². The lowest BCUT2D eigenvalue weighted by Crippen LogP contribution is -2.56. The Labute approximate surface area is 174 Å². The molecule has 3 unspecified atom stereocenters. The number of β-amino-alcohol motifs (C(OH)–C–C–N with tert-alkyl or cyclic N) is 1. The van der Waals surface area contributed by atoms with Gasteiger partial charge in [-0.1, -0.05) is 20.8 Å². The molecule has 4 rings (SSSR count). The van der Waals surface area contributed by atoms with E-state index in [1.54, 1.807) is 12.1 Å². The number of primary amides is 1. The molecule has 162 valence electrons. The number of piperidine rings is 1. The number of nitrogens with zero attached hydrogens (tertiary/aromatic N) is 2. The van der Waals surface area contributed by atoms with Crippen LogP contribution in [0.5, 0.6) is 0 Å². The minimum Gasteiger partial charge on any atom is -0.446 e. The first-order valence-electron chi connectivity index (χ1n) is 10.2. The molecule has 3 atom stereocenters. The summed E-state index contributed by atoms with van der Waals surface area (Å²) in [6, 6.07) is 6.05. The number of carbonyl (C=O) groups excluding carboxylic acids is 1. The zero-order valence-electron chi connectivity index (χ0n) is 17.5. The van der Waals surface area contributed by atoms with Crippen LogP contribution in [0, 0.1) is 11.2 Å². The molecule has 1 fully saturated rings. The normalized spacial score (nSPS) is 26.8. The van der Waals surface area contributed by atoms with Crippen LogP contribution in [0.3, 0.4) is 0 Å². The van der Waals surface area contributed by atoms with E-state index in [1.807, 2.05) is 0 Å². The van der Waals surface area contributed by atoms with Gasteiger partial charge >= 0.3 is 6.09 Å². The van der Waals surface area contributed by atoms with Gasteiger partial charge in [0.05, 0.1) is 12.1 Å². The van der Waals surface area contributed by atoms with Crippen molar-refractivity contribution in [2.24, 2.45) is 11.1 Å². The number of benzene rings is 1. The topological polar surface area (TPSA) is 97.8 Å². The third-order valence-electron chi connectivity index (χ3n) is 6.40. The molecule has 3 N–H and O–H groups in total. The Balaban J connectivity index is 1.69. The summed E-state index contributed by atoms with van der Waals surface area (Å²) in [6.45, 7) is 6.98. The number of halogens is 1. The SMILES string of the molecule is CC(C)(C)C1CC(OC(N)=O)CCN1CC1(O)Cn2c(=O)ccc3ccc(F)c1c32. The van der Waals surface area contributed by atoms with E-state index in [4.69, 9.17) is 10.5 Å². The molecule has 1 aromatic carbocycles. The second kappa shape index (κ2) is 7.06.